The van der Waals surface area contributed by atoms with E-state index in [1.807, 2.05) is 18.2 Å². The molecule has 0 heterocycles. The zero-order valence-electron chi connectivity index (χ0n) is 15.4. The minimum atomic E-state index is -1.39. The predicted molar refractivity (Wildman–Crippen MR) is 95.0 cm³/mol. The van der Waals surface area contributed by atoms with Gasteiger partial charge < -0.3 is 20.3 Å². The number of rotatable bonds is 9. The number of carbonyl (C=O) groups is 3. The molecule has 0 radical (unpaired) electrons. The molecular formula is C19H27NO6. The molecule has 144 valence electrons. The van der Waals surface area contributed by atoms with Gasteiger partial charge >= 0.3 is 17.9 Å². The number of nitrogens with two attached hydrogens (primary N) is 1. The summed E-state index contributed by atoms with van der Waals surface area (Å²) < 4.78 is 10.4. The Hall–Kier alpha value is -2.41. The van der Waals surface area contributed by atoms with Gasteiger partial charge in [0.2, 0.25) is 0 Å². The van der Waals surface area contributed by atoms with E-state index in [-0.39, 0.29) is 25.9 Å². The largest absolute Gasteiger partial charge is 0.480 e. The summed E-state index contributed by atoms with van der Waals surface area (Å²) in [5, 5.41) is 9.12. The highest BCUT2D eigenvalue weighted by Crippen LogP contribution is 2.17. The first kappa shape index (κ1) is 21.6. The van der Waals surface area contributed by atoms with E-state index in [2.05, 4.69) is 0 Å². The molecule has 0 aliphatic heterocycles. The molecule has 0 saturated heterocycles. The fourth-order valence-electron chi connectivity index (χ4n) is 2.31. The molecule has 0 spiro atoms. The van der Waals surface area contributed by atoms with Gasteiger partial charge in [-0.1, -0.05) is 30.3 Å². The molecule has 0 aromatic heterocycles. The third-order valence-corrected chi connectivity index (χ3v) is 3.56. The Morgan fingerprint density at radius 3 is 2.31 bits per heavy atom. The number of hydrogen-bond donors (Lipinski definition) is 2. The van der Waals surface area contributed by atoms with Crippen LogP contribution in [0.15, 0.2) is 30.3 Å². The average molecular weight is 365 g/mol. The van der Waals surface area contributed by atoms with Crippen molar-refractivity contribution in [3.63, 3.8) is 0 Å². The van der Waals surface area contributed by atoms with Crippen LogP contribution >= 0.6 is 0 Å². The van der Waals surface area contributed by atoms with Crippen LogP contribution in [0.5, 0.6) is 0 Å². The number of carboxylic acid groups (broad SMARTS) is 1. The van der Waals surface area contributed by atoms with Crippen LogP contribution < -0.4 is 5.73 Å². The lowest BCUT2D eigenvalue weighted by molar-refractivity contribution is -0.157. The Kier molecular flexibility index (Phi) is 8.25. The van der Waals surface area contributed by atoms with Crippen molar-refractivity contribution in [2.24, 2.45) is 11.7 Å². The summed E-state index contributed by atoms with van der Waals surface area (Å²) in [6, 6.07) is 7.65. The van der Waals surface area contributed by atoms with Crippen LogP contribution in [0.1, 0.15) is 45.6 Å². The van der Waals surface area contributed by atoms with Crippen molar-refractivity contribution in [3.05, 3.63) is 35.9 Å². The topological polar surface area (TPSA) is 116 Å². The van der Waals surface area contributed by atoms with E-state index in [0.717, 1.165) is 5.56 Å². The van der Waals surface area contributed by atoms with Gasteiger partial charge in [0, 0.05) is 6.42 Å². The molecular weight excluding hydrogens is 338 g/mol. The van der Waals surface area contributed by atoms with E-state index in [1.165, 1.54) is 0 Å². The summed E-state index contributed by atoms with van der Waals surface area (Å²) in [5.41, 5.74) is 5.83. The van der Waals surface area contributed by atoms with Gasteiger partial charge in [0.05, 0.1) is 5.92 Å². The van der Waals surface area contributed by atoms with Crippen LogP contribution in [0, 0.1) is 5.92 Å². The lowest BCUT2D eigenvalue weighted by atomic mass is 9.94. The highest BCUT2D eigenvalue weighted by atomic mass is 16.6. The second-order valence-corrected chi connectivity index (χ2v) is 7.04. The quantitative estimate of drug-likeness (QED) is 0.645. The molecule has 0 amide bonds. The van der Waals surface area contributed by atoms with Crippen molar-refractivity contribution >= 4 is 17.9 Å². The third-order valence-electron chi connectivity index (χ3n) is 3.56. The number of ether oxygens (including phenoxy) is 2. The maximum absolute atomic E-state index is 12.3. The first-order chi connectivity index (χ1) is 12.1. The summed E-state index contributed by atoms with van der Waals surface area (Å²) in [6.07, 6.45) is 0.480. The molecule has 3 N–H and O–H groups in total. The van der Waals surface area contributed by atoms with Crippen molar-refractivity contribution < 1.29 is 29.0 Å². The van der Waals surface area contributed by atoms with Crippen LogP contribution in [0.3, 0.4) is 0 Å². The summed E-state index contributed by atoms with van der Waals surface area (Å²) in [6.45, 7) is 5.31. The predicted octanol–water partition coefficient (Wildman–Crippen LogP) is 2.27. The summed E-state index contributed by atoms with van der Waals surface area (Å²) in [7, 11) is 0. The van der Waals surface area contributed by atoms with Crippen LogP contribution in [0.4, 0.5) is 0 Å². The second-order valence-electron chi connectivity index (χ2n) is 7.04. The fraction of sp³-hybridized carbons (Fsp3) is 0.526. The summed E-state index contributed by atoms with van der Waals surface area (Å²) >= 11 is 0. The summed E-state index contributed by atoms with van der Waals surface area (Å²) in [4.78, 5) is 35.2. The van der Waals surface area contributed by atoms with Gasteiger partial charge in [0.25, 0.3) is 0 Å². The van der Waals surface area contributed by atoms with E-state index >= 15 is 0 Å². The number of carbonyl (C=O) groups excluding carboxylic acids is 2. The van der Waals surface area contributed by atoms with Gasteiger partial charge in [-0.25, -0.2) is 0 Å². The molecule has 26 heavy (non-hydrogen) atoms. The van der Waals surface area contributed by atoms with Gasteiger partial charge in [-0.05, 0) is 39.2 Å². The number of esters is 2. The van der Waals surface area contributed by atoms with Gasteiger partial charge in [0.1, 0.15) is 18.2 Å². The second kappa shape index (κ2) is 9.91. The average Bonchev–Trinajstić information content (AvgIpc) is 2.55. The van der Waals surface area contributed by atoms with E-state index in [4.69, 9.17) is 20.3 Å². The van der Waals surface area contributed by atoms with E-state index in [9.17, 15) is 14.4 Å². The van der Waals surface area contributed by atoms with Crippen molar-refractivity contribution in [2.45, 2.75) is 58.3 Å². The number of hydrogen-bond acceptors (Lipinski definition) is 6. The normalized spacial score (nSPS) is 13.5. The molecule has 7 nitrogen and oxygen atoms in total. The van der Waals surface area contributed by atoms with Gasteiger partial charge in [-0.15, -0.1) is 0 Å². The zero-order chi connectivity index (χ0) is 19.7. The molecule has 1 aromatic carbocycles. The number of carboxylic acids is 1. The molecule has 0 aliphatic carbocycles. The Balaban J connectivity index is 2.59. The van der Waals surface area contributed by atoms with Crippen molar-refractivity contribution in [2.75, 3.05) is 0 Å². The molecule has 1 rings (SSSR count). The van der Waals surface area contributed by atoms with E-state index < -0.39 is 35.5 Å². The van der Waals surface area contributed by atoms with E-state index in [1.54, 1.807) is 32.9 Å². The zero-order valence-corrected chi connectivity index (χ0v) is 15.4. The van der Waals surface area contributed by atoms with Gasteiger partial charge in [-0.2, -0.15) is 0 Å². The highest BCUT2D eigenvalue weighted by molar-refractivity contribution is 5.83. The van der Waals surface area contributed by atoms with Gasteiger partial charge in [-0.3, -0.25) is 14.4 Å². The Morgan fingerprint density at radius 1 is 1.15 bits per heavy atom. The molecule has 0 aliphatic rings. The minimum Gasteiger partial charge on any atom is -0.480 e. The van der Waals surface area contributed by atoms with Crippen molar-refractivity contribution in [1.29, 1.82) is 0 Å². The first-order valence-electron chi connectivity index (χ1n) is 8.51. The molecule has 2 atom stereocenters. The minimum absolute atomic E-state index is 0.0363. The molecule has 2 unspecified atom stereocenters. The third kappa shape index (κ3) is 8.11. The number of benzene rings is 1. The molecule has 7 heteroatoms. The van der Waals surface area contributed by atoms with Crippen LogP contribution in [0.2, 0.25) is 0 Å². The molecule has 0 fully saturated rings. The van der Waals surface area contributed by atoms with E-state index in [0.29, 0.717) is 0 Å². The van der Waals surface area contributed by atoms with Gasteiger partial charge in [0.15, 0.2) is 0 Å². The monoisotopic (exact) mass is 365 g/mol. The highest BCUT2D eigenvalue weighted by Gasteiger charge is 2.32. The Bertz CT molecular complexity index is 608. The molecule has 0 saturated carbocycles. The Morgan fingerprint density at radius 2 is 1.77 bits per heavy atom. The van der Waals surface area contributed by atoms with Crippen LogP contribution in [-0.4, -0.2) is 34.7 Å². The summed E-state index contributed by atoms with van der Waals surface area (Å²) in [5.74, 6) is -3.41. The number of aliphatic carboxylic acids is 1. The fourth-order valence-corrected chi connectivity index (χ4v) is 2.31. The van der Waals surface area contributed by atoms with Crippen LogP contribution in [0.25, 0.3) is 0 Å². The SMILES string of the molecule is CC(C)(C)OC(=O)CCCC(C(=O)OCc1ccccc1)C(N)C(=O)O. The lowest BCUT2D eigenvalue weighted by Gasteiger charge is -2.21. The maximum atomic E-state index is 12.3. The smallest absolute Gasteiger partial charge is 0.321 e. The maximum Gasteiger partial charge on any atom is 0.321 e. The van der Waals surface area contributed by atoms with Crippen molar-refractivity contribution in [3.8, 4) is 0 Å². The standard InChI is InChI=1S/C19H27NO6/c1-19(2,3)26-15(21)11-7-10-14(16(20)17(22)23)18(24)25-12-13-8-5-4-6-9-13/h4-6,8-9,14,16H,7,10-12,20H2,1-3H3,(H,22,23). The lowest BCUT2D eigenvalue weighted by Crippen LogP contribution is -2.42. The van der Waals surface area contributed by atoms with Crippen LogP contribution in [-0.2, 0) is 30.5 Å². The Labute approximate surface area is 153 Å². The van der Waals surface area contributed by atoms with Crippen molar-refractivity contribution in [1.82, 2.24) is 0 Å². The first-order valence-corrected chi connectivity index (χ1v) is 8.51. The molecule has 0 bridgehead atoms. The molecule has 1 aromatic rings.